The maximum absolute atomic E-state index is 12.9. The molecule has 0 aliphatic carbocycles. The zero-order valence-corrected chi connectivity index (χ0v) is 16.9. The molecule has 4 N–H and O–H groups in total. The van der Waals surface area contributed by atoms with Crippen molar-refractivity contribution in [1.29, 1.82) is 0 Å². The van der Waals surface area contributed by atoms with Crippen molar-refractivity contribution < 1.29 is 23.1 Å². The average molecular weight is 412 g/mol. The van der Waals surface area contributed by atoms with Gasteiger partial charge in [-0.25, -0.2) is 13.4 Å². The second kappa shape index (κ2) is 9.44. The quantitative estimate of drug-likeness (QED) is 0.564. The fourth-order valence-electron chi connectivity index (χ4n) is 3.00. The van der Waals surface area contributed by atoms with E-state index in [0.717, 1.165) is 0 Å². The SMILES string of the molecule is Cc1cccnc1S(=O)(=O)N1CCCC(NC(=O)[CH]CC(C)C(N)=O)[C@@H](O)C1. The molecule has 1 aliphatic heterocycles. The molecule has 10 heteroatoms. The van der Waals surface area contributed by atoms with Gasteiger partial charge in [-0.2, -0.15) is 4.31 Å². The minimum atomic E-state index is -3.84. The highest BCUT2D eigenvalue weighted by Crippen LogP contribution is 2.21. The van der Waals surface area contributed by atoms with Gasteiger partial charge < -0.3 is 16.2 Å². The van der Waals surface area contributed by atoms with Crippen LogP contribution in [0.1, 0.15) is 31.7 Å². The Bertz CT molecular complexity index is 814. The summed E-state index contributed by atoms with van der Waals surface area (Å²) >= 11 is 0. The maximum atomic E-state index is 12.9. The molecule has 1 aliphatic rings. The number of primary amides is 1. The smallest absolute Gasteiger partial charge is 0.260 e. The fraction of sp³-hybridized carbons (Fsp3) is 0.556. The molecule has 2 rings (SSSR count). The summed E-state index contributed by atoms with van der Waals surface area (Å²) in [6, 6.07) is 2.74. The highest BCUT2D eigenvalue weighted by Gasteiger charge is 2.34. The highest BCUT2D eigenvalue weighted by atomic mass is 32.2. The van der Waals surface area contributed by atoms with E-state index in [-0.39, 0.29) is 24.5 Å². The number of aryl methyl sites for hydroxylation is 1. The van der Waals surface area contributed by atoms with Crippen molar-refractivity contribution in [3.05, 3.63) is 30.3 Å². The third kappa shape index (κ3) is 5.49. The Kier molecular flexibility index (Phi) is 7.50. The molecule has 2 heterocycles. The zero-order chi connectivity index (χ0) is 20.9. The van der Waals surface area contributed by atoms with Gasteiger partial charge in [0.25, 0.3) is 10.0 Å². The van der Waals surface area contributed by atoms with Crippen LogP contribution in [0.15, 0.2) is 23.4 Å². The number of nitrogens with one attached hydrogen (secondary N) is 1. The van der Waals surface area contributed by atoms with Crippen molar-refractivity contribution in [3.8, 4) is 0 Å². The van der Waals surface area contributed by atoms with Gasteiger partial charge in [-0.05, 0) is 37.8 Å². The van der Waals surface area contributed by atoms with Gasteiger partial charge in [0.05, 0.1) is 18.6 Å². The average Bonchev–Trinajstić information content (AvgIpc) is 2.82. The van der Waals surface area contributed by atoms with Gasteiger partial charge in [0.15, 0.2) is 5.03 Å². The number of hydrogen-bond acceptors (Lipinski definition) is 6. The highest BCUT2D eigenvalue weighted by molar-refractivity contribution is 7.89. The third-order valence-corrected chi connectivity index (χ3v) is 6.72. The second-order valence-electron chi connectivity index (χ2n) is 7.06. The number of sulfonamides is 1. The molecule has 2 amide bonds. The number of nitrogens with zero attached hydrogens (tertiary/aromatic N) is 2. The molecule has 0 saturated carbocycles. The number of nitrogens with two attached hydrogens (primary N) is 1. The number of hydrogen-bond donors (Lipinski definition) is 3. The normalized spacial score (nSPS) is 22.2. The van der Waals surface area contributed by atoms with E-state index < -0.39 is 39.9 Å². The number of aliphatic hydroxyl groups is 1. The van der Waals surface area contributed by atoms with Gasteiger partial charge in [0.1, 0.15) is 0 Å². The van der Waals surface area contributed by atoms with E-state index in [4.69, 9.17) is 5.73 Å². The van der Waals surface area contributed by atoms with Gasteiger partial charge in [0.2, 0.25) is 11.8 Å². The lowest BCUT2D eigenvalue weighted by Gasteiger charge is -2.25. The Morgan fingerprint density at radius 1 is 1.50 bits per heavy atom. The van der Waals surface area contributed by atoms with E-state index in [2.05, 4.69) is 10.3 Å². The molecule has 1 fully saturated rings. The first-order chi connectivity index (χ1) is 13.1. The van der Waals surface area contributed by atoms with Crippen LogP contribution in [0.3, 0.4) is 0 Å². The molecule has 28 heavy (non-hydrogen) atoms. The van der Waals surface area contributed by atoms with E-state index in [1.165, 1.54) is 16.9 Å². The molecule has 0 spiro atoms. The van der Waals surface area contributed by atoms with Gasteiger partial charge in [0, 0.05) is 25.2 Å². The van der Waals surface area contributed by atoms with E-state index >= 15 is 0 Å². The second-order valence-corrected chi connectivity index (χ2v) is 8.91. The molecule has 155 valence electrons. The Morgan fingerprint density at radius 3 is 2.86 bits per heavy atom. The van der Waals surface area contributed by atoms with Gasteiger partial charge in [-0.3, -0.25) is 9.59 Å². The number of carbonyl (C=O) groups excluding carboxylic acids is 2. The van der Waals surface area contributed by atoms with E-state index in [0.29, 0.717) is 18.4 Å². The van der Waals surface area contributed by atoms with Crippen molar-refractivity contribution in [2.45, 2.75) is 50.3 Å². The molecule has 1 saturated heterocycles. The monoisotopic (exact) mass is 411 g/mol. The molecular formula is C18H27N4O5S. The van der Waals surface area contributed by atoms with Crippen molar-refractivity contribution in [2.75, 3.05) is 13.1 Å². The van der Waals surface area contributed by atoms with Crippen LogP contribution in [0.2, 0.25) is 0 Å². The topological polar surface area (TPSA) is 143 Å². The minimum Gasteiger partial charge on any atom is -0.390 e. The number of β-amino-alcohol motifs (C(OH)–C–C–N with tert-alkyl or cyclic N) is 1. The van der Waals surface area contributed by atoms with Gasteiger partial charge in [-0.15, -0.1) is 0 Å². The standard InChI is InChI=1S/C18H27N4O5S/c1-12(17(19)25)7-8-16(24)21-14-6-4-10-22(11-15(14)23)28(26,27)18-13(2)5-3-9-20-18/h3,5,8-9,12,14-15,23H,4,6-7,10-11H2,1-2H3,(H2,19,25)(H,21,24)/t12?,14?,15-/m0/s1. The Morgan fingerprint density at radius 2 is 2.21 bits per heavy atom. The lowest BCUT2D eigenvalue weighted by Crippen LogP contribution is -2.47. The number of pyridine rings is 1. The summed E-state index contributed by atoms with van der Waals surface area (Å²) in [6.45, 7) is 3.38. The van der Waals surface area contributed by atoms with Crippen LogP contribution < -0.4 is 11.1 Å². The van der Waals surface area contributed by atoms with E-state index in [9.17, 15) is 23.1 Å². The lowest BCUT2D eigenvalue weighted by molar-refractivity contribution is -0.121. The number of amides is 2. The molecule has 1 aromatic rings. The summed E-state index contributed by atoms with van der Waals surface area (Å²) in [7, 11) is -3.84. The first kappa shape index (κ1) is 22.3. The zero-order valence-electron chi connectivity index (χ0n) is 16.0. The van der Waals surface area contributed by atoms with E-state index in [1.54, 1.807) is 26.0 Å². The summed E-state index contributed by atoms with van der Waals surface area (Å²) in [4.78, 5) is 27.1. The maximum Gasteiger partial charge on any atom is 0.260 e. The molecule has 2 unspecified atom stereocenters. The summed E-state index contributed by atoms with van der Waals surface area (Å²) < 4.78 is 27.0. The first-order valence-corrected chi connectivity index (χ1v) is 10.6. The molecule has 1 radical (unpaired) electrons. The fourth-order valence-corrected chi connectivity index (χ4v) is 4.63. The van der Waals surface area contributed by atoms with Crippen LogP contribution in [0.25, 0.3) is 0 Å². The first-order valence-electron chi connectivity index (χ1n) is 9.15. The Hall–Kier alpha value is -2.04. The third-order valence-electron chi connectivity index (χ3n) is 4.79. The van der Waals surface area contributed by atoms with Crippen LogP contribution in [0.5, 0.6) is 0 Å². The number of aromatic nitrogens is 1. The number of rotatable bonds is 7. The largest absolute Gasteiger partial charge is 0.390 e. The number of aliphatic hydroxyl groups excluding tert-OH is 1. The molecule has 1 aromatic heterocycles. The molecule has 0 aromatic carbocycles. The summed E-state index contributed by atoms with van der Waals surface area (Å²) in [6.07, 6.45) is 2.78. The summed E-state index contributed by atoms with van der Waals surface area (Å²) in [5, 5.41) is 13.1. The molecular weight excluding hydrogens is 384 g/mol. The van der Waals surface area contributed by atoms with Crippen LogP contribution in [-0.2, 0) is 19.6 Å². The number of carbonyl (C=O) groups is 2. The van der Waals surface area contributed by atoms with Crippen molar-refractivity contribution in [2.24, 2.45) is 11.7 Å². The molecule has 9 nitrogen and oxygen atoms in total. The Balaban J connectivity index is 2.01. The van der Waals surface area contributed by atoms with Crippen molar-refractivity contribution in [1.82, 2.24) is 14.6 Å². The van der Waals surface area contributed by atoms with Gasteiger partial charge in [-0.1, -0.05) is 13.0 Å². The van der Waals surface area contributed by atoms with Crippen LogP contribution >= 0.6 is 0 Å². The van der Waals surface area contributed by atoms with E-state index in [1.807, 2.05) is 0 Å². The molecule has 0 bridgehead atoms. The predicted molar refractivity (Wildman–Crippen MR) is 102 cm³/mol. The van der Waals surface area contributed by atoms with Crippen LogP contribution in [0.4, 0.5) is 0 Å². The lowest BCUT2D eigenvalue weighted by atomic mass is 10.0. The molecule has 3 atom stereocenters. The predicted octanol–water partition coefficient (Wildman–Crippen LogP) is -0.264. The van der Waals surface area contributed by atoms with Crippen LogP contribution in [0, 0.1) is 19.3 Å². The van der Waals surface area contributed by atoms with Gasteiger partial charge >= 0.3 is 0 Å². The minimum absolute atomic E-state index is 0.0292. The van der Waals surface area contributed by atoms with Crippen LogP contribution in [-0.4, -0.2) is 59.9 Å². The Labute approximate surface area is 165 Å². The van der Waals surface area contributed by atoms with Crippen molar-refractivity contribution in [3.63, 3.8) is 0 Å². The summed E-state index contributed by atoms with van der Waals surface area (Å²) in [5.41, 5.74) is 5.70. The summed E-state index contributed by atoms with van der Waals surface area (Å²) in [5.74, 6) is -1.38. The van der Waals surface area contributed by atoms with Crippen molar-refractivity contribution >= 4 is 21.8 Å².